The van der Waals surface area contributed by atoms with E-state index in [0.717, 1.165) is 34.9 Å². The predicted octanol–water partition coefficient (Wildman–Crippen LogP) is 5.31. The standard InChI is InChI=1S/C37H44N4O6S/c1-24-10-6-9-13-34(24)48(45,46)39-36(43)28-14-15-29(33(20-28)47-5)22-41-23-30(18-25(2)37(44)40(3)4)31-17-16-27(19-32(31)41)35(42)38-21-26-11-7-8-12-26/h6,9-10,13-17,19-20,23,25-26H,7-8,11-12,18,21-22H2,1-5H3,(H,38,42)(H,39,43). The molecule has 2 N–H and O–H groups in total. The largest absolute Gasteiger partial charge is 0.496 e. The molecular weight excluding hydrogens is 628 g/mol. The fourth-order valence-electron chi connectivity index (χ4n) is 6.51. The Bertz CT molecular complexity index is 1940. The van der Waals surface area contributed by atoms with E-state index in [-0.39, 0.29) is 28.2 Å². The number of hydrogen-bond donors (Lipinski definition) is 2. The summed E-state index contributed by atoms with van der Waals surface area (Å²) in [6.45, 7) is 4.57. The molecule has 3 aromatic carbocycles. The number of sulfonamides is 1. The Hall–Kier alpha value is -4.64. The van der Waals surface area contributed by atoms with Gasteiger partial charge in [-0.1, -0.05) is 50.1 Å². The van der Waals surface area contributed by atoms with Crippen LogP contribution in [0.4, 0.5) is 0 Å². The number of fused-ring (bicyclic) bond motifs is 1. The molecule has 3 amide bonds. The van der Waals surface area contributed by atoms with Crippen molar-refractivity contribution in [1.82, 2.24) is 19.5 Å². The monoisotopic (exact) mass is 672 g/mol. The normalized spacial score (nSPS) is 14.1. The number of nitrogens with zero attached hydrogens (tertiary/aromatic N) is 2. The van der Waals surface area contributed by atoms with Crippen molar-refractivity contribution in [2.45, 2.75) is 57.4 Å². The number of carbonyl (C=O) groups is 3. The number of nitrogens with one attached hydrogen (secondary N) is 2. The Morgan fingerprint density at radius 1 is 0.958 bits per heavy atom. The lowest BCUT2D eigenvalue weighted by Gasteiger charge is -2.16. The maximum atomic E-state index is 13.2. The minimum Gasteiger partial charge on any atom is -0.496 e. The number of rotatable bonds is 12. The molecule has 1 heterocycles. The van der Waals surface area contributed by atoms with Crippen LogP contribution in [0, 0.1) is 18.8 Å². The molecule has 1 unspecified atom stereocenters. The first-order valence-electron chi connectivity index (χ1n) is 16.3. The molecule has 5 rings (SSSR count). The SMILES string of the molecule is COc1cc(C(=O)NS(=O)(=O)c2ccccc2C)ccc1Cn1cc(CC(C)C(=O)N(C)C)c2ccc(C(=O)NCC3CCCC3)cc21. The Kier molecular flexibility index (Phi) is 10.6. The summed E-state index contributed by atoms with van der Waals surface area (Å²) >= 11 is 0. The molecule has 11 heteroatoms. The van der Waals surface area contributed by atoms with Crippen LogP contribution in [0.2, 0.25) is 0 Å². The van der Waals surface area contributed by atoms with Crippen molar-refractivity contribution >= 4 is 38.6 Å². The third-order valence-corrected chi connectivity index (χ3v) is 10.6. The molecule has 1 aliphatic carbocycles. The molecule has 48 heavy (non-hydrogen) atoms. The molecule has 1 fully saturated rings. The summed E-state index contributed by atoms with van der Waals surface area (Å²) in [5, 5.41) is 4.05. The molecule has 4 aromatic rings. The van der Waals surface area contributed by atoms with Crippen molar-refractivity contribution in [3.63, 3.8) is 0 Å². The van der Waals surface area contributed by atoms with Gasteiger partial charge in [-0.25, -0.2) is 13.1 Å². The van der Waals surface area contributed by atoms with Gasteiger partial charge in [0.05, 0.1) is 18.6 Å². The van der Waals surface area contributed by atoms with Crippen LogP contribution in [-0.2, 0) is 27.8 Å². The van der Waals surface area contributed by atoms with Gasteiger partial charge in [-0.3, -0.25) is 14.4 Å². The van der Waals surface area contributed by atoms with Gasteiger partial charge in [-0.15, -0.1) is 0 Å². The van der Waals surface area contributed by atoms with Gasteiger partial charge >= 0.3 is 0 Å². The highest BCUT2D eigenvalue weighted by molar-refractivity contribution is 7.90. The zero-order valence-corrected chi connectivity index (χ0v) is 29.0. The summed E-state index contributed by atoms with van der Waals surface area (Å²) in [7, 11) is 0.893. The number of ether oxygens (including phenoxy) is 1. The molecule has 0 bridgehead atoms. The topological polar surface area (TPSA) is 127 Å². The van der Waals surface area contributed by atoms with Crippen LogP contribution < -0.4 is 14.8 Å². The van der Waals surface area contributed by atoms with Gasteiger partial charge in [0, 0.05) is 60.3 Å². The Morgan fingerprint density at radius 2 is 1.65 bits per heavy atom. The molecule has 1 saturated carbocycles. The van der Waals surface area contributed by atoms with Crippen molar-refractivity contribution < 1.29 is 27.5 Å². The number of carbonyl (C=O) groups excluding carboxylic acids is 3. The minimum absolute atomic E-state index is 0.0267. The van der Waals surface area contributed by atoms with E-state index < -0.39 is 15.9 Å². The van der Waals surface area contributed by atoms with Gasteiger partial charge in [-0.2, -0.15) is 0 Å². The second kappa shape index (κ2) is 14.6. The van der Waals surface area contributed by atoms with Crippen LogP contribution in [0.5, 0.6) is 5.75 Å². The number of aromatic nitrogens is 1. The van der Waals surface area contributed by atoms with E-state index in [1.54, 1.807) is 56.3 Å². The maximum Gasteiger partial charge on any atom is 0.265 e. The van der Waals surface area contributed by atoms with E-state index in [4.69, 9.17) is 4.74 Å². The lowest BCUT2D eigenvalue weighted by molar-refractivity contribution is -0.132. The smallest absolute Gasteiger partial charge is 0.265 e. The van der Waals surface area contributed by atoms with Crippen LogP contribution in [0.1, 0.15) is 70.0 Å². The molecule has 10 nitrogen and oxygen atoms in total. The summed E-state index contributed by atoms with van der Waals surface area (Å²) in [5.41, 5.74) is 3.76. The van der Waals surface area contributed by atoms with Crippen LogP contribution in [0.25, 0.3) is 10.9 Å². The highest BCUT2D eigenvalue weighted by Gasteiger charge is 2.23. The molecule has 1 aromatic heterocycles. The molecule has 254 valence electrons. The lowest BCUT2D eigenvalue weighted by atomic mass is 9.99. The first-order chi connectivity index (χ1) is 22.9. The van der Waals surface area contributed by atoms with Gasteiger partial charge in [0.2, 0.25) is 5.91 Å². The van der Waals surface area contributed by atoms with E-state index in [1.807, 2.05) is 35.9 Å². The number of benzene rings is 3. The van der Waals surface area contributed by atoms with E-state index in [0.29, 0.717) is 42.3 Å². The number of aryl methyl sites for hydroxylation is 1. The Balaban J connectivity index is 1.44. The Morgan fingerprint density at radius 3 is 2.33 bits per heavy atom. The molecular formula is C37H44N4O6S. The van der Waals surface area contributed by atoms with Crippen molar-refractivity contribution in [2.75, 3.05) is 27.7 Å². The van der Waals surface area contributed by atoms with Gasteiger partial charge in [0.15, 0.2) is 0 Å². The van der Waals surface area contributed by atoms with Gasteiger partial charge in [-0.05, 0) is 73.6 Å². The quantitative estimate of drug-likeness (QED) is 0.210. The van der Waals surface area contributed by atoms with Crippen molar-refractivity contribution in [3.05, 3.63) is 94.7 Å². The third-order valence-electron chi connectivity index (χ3n) is 9.14. The van der Waals surface area contributed by atoms with Crippen LogP contribution >= 0.6 is 0 Å². The second-order valence-electron chi connectivity index (χ2n) is 12.9. The fraction of sp³-hybridized carbons (Fsp3) is 0.378. The second-order valence-corrected chi connectivity index (χ2v) is 14.6. The third kappa shape index (κ3) is 7.73. The summed E-state index contributed by atoms with van der Waals surface area (Å²) < 4.78 is 35.7. The van der Waals surface area contributed by atoms with Gasteiger partial charge in [0.25, 0.3) is 21.8 Å². The molecule has 0 aliphatic heterocycles. The average Bonchev–Trinajstić information content (AvgIpc) is 3.71. The van der Waals surface area contributed by atoms with E-state index in [9.17, 15) is 22.8 Å². The summed E-state index contributed by atoms with van der Waals surface area (Å²) in [5.74, 6) is -0.201. The van der Waals surface area contributed by atoms with E-state index in [2.05, 4.69) is 10.0 Å². The minimum atomic E-state index is -4.08. The highest BCUT2D eigenvalue weighted by Crippen LogP contribution is 2.30. The predicted molar refractivity (Wildman–Crippen MR) is 186 cm³/mol. The zero-order valence-electron chi connectivity index (χ0n) is 28.2. The molecule has 1 aliphatic rings. The molecule has 0 spiro atoms. The van der Waals surface area contributed by atoms with Crippen molar-refractivity contribution in [1.29, 1.82) is 0 Å². The van der Waals surface area contributed by atoms with Gasteiger partial charge < -0.3 is 19.5 Å². The number of methoxy groups -OCH3 is 1. The lowest BCUT2D eigenvalue weighted by Crippen LogP contribution is -2.31. The Labute approximate surface area is 282 Å². The van der Waals surface area contributed by atoms with Crippen LogP contribution in [0.15, 0.2) is 71.8 Å². The molecule has 1 atom stereocenters. The maximum absolute atomic E-state index is 13.2. The number of hydrogen-bond acceptors (Lipinski definition) is 6. The van der Waals surface area contributed by atoms with E-state index in [1.165, 1.54) is 32.1 Å². The fourth-order valence-corrected chi connectivity index (χ4v) is 7.73. The molecule has 0 radical (unpaired) electrons. The van der Waals surface area contributed by atoms with Crippen molar-refractivity contribution in [3.8, 4) is 5.75 Å². The molecule has 0 saturated heterocycles. The summed E-state index contributed by atoms with van der Waals surface area (Å²) in [6.07, 6.45) is 7.21. The summed E-state index contributed by atoms with van der Waals surface area (Å²) in [6, 6.07) is 16.9. The first kappa shape index (κ1) is 34.7. The van der Waals surface area contributed by atoms with E-state index >= 15 is 0 Å². The number of amides is 3. The van der Waals surface area contributed by atoms with Crippen LogP contribution in [-0.4, -0.2) is 63.4 Å². The van der Waals surface area contributed by atoms with Gasteiger partial charge in [0.1, 0.15) is 5.75 Å². The first-order valence-corrected chi connectivity index (χ1v) is 17.8. The average molecular weight is 673 g/mol. The highest BCUT2D eigenvalue weighted by atomic mass is 32.2. The zero-order chi connectivity index (χ0) is 34.6. The van der Waals surface area contributed by atoms with Crippen molar-refractivity contribution in [2.24, 2.45) is 11.8 Å². The summed E-state index contributed by atoms with van der Waals surface area (Å²) in [4.78, 5) is 40.6. The van der Waals surface area contributed by atoms with Crippen LogP contribution in [0.3, 0.4) is 0 Å².